The molecule has 3 rings (SSSR count). The average Bonchev–Trinajstić information content (AvgIpc) is 2.81. The maximum Gasteiger partial charge on any atom is 0.294 e. The predicted octanol–water partition coefficient (Wildman–Crippen LogP) is 1.32. The Morgan fingerprint density at radius 3 is 2.72 bits per heavy atom. The van der Waals surface area contributed by atoms with Gasteiger partial charge in [0.25, 0.3) is 6.01 Å². The van der Waals surface area contributed by atoms with E-state index in [4.69, 9.17) is 4.74 Å². The number of nitrogens with one attached hydrogen (secondary N) is 1. The predicted molar refractivity (Wildman–Crippen MR) is 72.4 cm³/mol. The Morgan fingerprint density at radius 2 is 2.00 bits per heavy atom. The van der Waals surface area contributed by atoms with Crippen LogP contribution in [0, 0.1) is 0 Å². The van der Waals surface area contributed by atoms with Crippen molar-refractivity contribution < 1.29 is 4.74 Å². The summed E-state index contributed by atoms with van der Waals surface area (Å²) in [5.41, 5.74) is 3.23. The molecule has 0 amide bonds. The zero-order valence-electron chi connectivity index (χ0n) is 10.8. The molecule has 0 saturated carbocycles. The molecular formula is C13H18N4O. The van der Waals surface area contributed by atoms with Crippen molar-refractivity contribution in [1.82, 2.24) is 14.9 Å². The van der Waals surface area contributed by atoms with Crippen molar-refractivity contribution in [3.63, 3.8) is 0 Å². The molecule has 1 aliphatic heterocycles. The fourth-order valence-electron chi connectivity index (χ4n) is 2.33. The van der Waals surface area contributed by atoms with E-state index in [0.29, 0.717) is 6.01 Å². The van der Waals surface area contributed by atoms with Gasteiger partial charge in [0.05, 0.1) is 18.1 Å². The van der Waals surface area contributed by atoms with Crippen LogP contribution in [0.4, 0.5) is 5.69 Å². The van der Waals surface area contributed by atoms with Crippen LogP contribution in [0.5, 0.6) is 6.01 Å². The number of piperazine rings is 1. The number of imidazole rings is 1. The van der Waals surface area contributed by atoms with Gasteiger partial charge in [0.2, 0.25) is 0 Å². The van der Waals surface area contributed by atoms with Gasteiger partial charge >= 0.3 is 0 Å². The zero-order valence-corrected chi connectivity index (χ0v) is 10.8. The molecule has 1 saturated heterocycles. The second-order valence-electron chi connectivity index (χ2n) is 4.74. The minimum Gasteiger partial charge on any atom is -0.468 e. The molecule has 0 spiro atoms. The minimum absolute atomic E-state index is 0.570. The number of likely N-dealkylation sites (N-methyl/N-ethyl adjacent to an activating group) is 1. The lowest BCUT2D eigenvalue weighted by Gasteiger charge is -2.34. The summed E-state index contributed by atoms with van der Waals surface area (Å²) >= 11 is 0. The van der Waals surface area contributed by atoms with Crippen molar-refractivity contribution in [2.45, 2.75) is 0 Å². The second kappa shape index (κ2) is 4.49. The Bertz CT molecular complexity index is 543. The number of benzene rings is 1. The SMILES string of the molecule is COc1nc2ccc(N3CCN(C)CC3)cc2[nH]1. The molecule has 1 aliphatic rings. The highest BCUT2D eigenvalue weighted by atomic mass is 16.5. The molecule has 0 radical (unpaired) electrons. The summed E-state index contributed by atoms with van der Waals surface area (Å²) in [7, 11) is 3.79. The van der Waals surface area contributed by atoms with Crippen LogP contribution in [0.25, 0.3) is 11.0 Å². The molecule has 5 nitrogen and oxygen atoms in total. The second-order valence-corrected chi connectivity index (χ2v) is 4.74. The molecule has 0 unspecified atom stereocenters. The van der Waals surface area contributed by atoms with Gasteiger partial charge in [0.15, 0.2) is 0 Å². The fourth-order valence-corrected chi connectivity index (χ4v) is 2.33. The zero-order chi connectivity index (χ0) is 12.5. The highest BCUT2D eigenvalue weighted by Crippen LogP contribution is 2.23. The number of aromatic nitrogens is 2. The Kier molecular flexibility index (Phi) is 2.83. The quantitative estimate of drug-likeness (QED) is 0.868. The van der Waals surface area contributed by atoms with E-state index in [1.165, 1.54) is 5.69 Å². The van der Waals surface area contributed by atoms with Gasteiger partial charge in [-0.3, -0.25) is 0 Å². The van der Waals surface area contributed by atoms with Gasteiger partial charge in [-0.1, -0.05) is 0 Å². The normalized spacial score (nSPS) is 17.3. The monoisotopic (exact) mass is 246 g/mol. The fraction of sp³-hybridized carbons (Fsp3) is 0.462. The molecule has 18 heavy (non-hydrogen) atoms. The molecule has 1 aromatic heterocycles. The van der Waals surface area contributed by atoms with Crippen molar-refractivity contribution in [3.05, 3.63) is 18.2 Å². The van der Waals surface area contributed by atoms with Crippen LogP contribution in [0.2, 0.25) is 0 Å². The summed E-state index contributed by atoms with van der Waals surface area (Å²) in [5, 5.41) is 0. The third kappa shape index (κ3) is 2.01. The summed E-state index contributed by atoms with van der Waals surface area (Å²) in [6.45, 7) is 4.38. The van der Waals surface area contributed by atoms with Gasteiger partial charge in [-0.2, -0.15) is 4.98 Å². The average molecular weight is 246 g/mol. The summed E-state index contributed by atoms with van der Waals surface area (Å²) in [6.07, 6.45) is 0. The molecule has 2 heterocycles. The van der Waals surface area contributed by atoms with Gasteiger partial charge < -0.3 is 19.5 Å². The van der Waals surface area contributed by atoms with Crippen molar-refractivity contribution in [2.24, 2.45) is 0 Å². The summed E-state index contributed by atoms with van der Waals surface area (Å²) < 4.78 is 5.11. The Morgan fingerprint density at radius 1 is 1.22 bits per heavy atom. The number of hydrogen-bond acceptors (Lipinski definition) is 4. The van der Waals surface area contributed by atoms with Crippen LogP contribution < -0.4 is 9.64 Å². The lowest BCUT2D eigenvalue weighted by molar-refractivity contribution is 0.313. The first kappa shape index (κ1) is 11.3. The number of hydrogen-bond donors (Lipinski definition) is 1. The van der Waals surface area contributed by atoms with E-state index >= 15 is 0 Å². The maximum atomic E-state index is 5.11. The van der Waals surface area contributed by atoms with Crippen molar-refractivity contribution in [1.29, 1.82) is 0 Å². The Hall–Kier alpha value is -1.75. The number of anilines is 1. The Balaban J connectivity index is 1.88. The summed E-state index contributed by atoms with van der Waals surface area (Å²) in [5.74, 6) is 0. The Labute approximate surface area is 106 Å². The van der Waals surface area contributed by atoms with Gasteiger partial charge in [-0.05, 0) is 25.2 Å². The maximum absolute atomic E-state index is 5.11. The number of fused-ring (bicyclic) bond motifs is 1. The van der Waals surface area contributed by atoms with Gasteiger partial charge in [-0.25, -0.2) is 0 Å². The smallest absolute Gasteiger partial charge is 0.294 e. The van der Waals surface area contributed by atoms with E-state index in [1.807, 2.05) is 6.07 Å². The summed E-state index contributed by atoms with van der Waals surface area (Å²) in [6, 6.07) is 6.90. The van der Waals surface area contributed by atoms with Crippen LogP contribution in [0.15, 0.2) is 18.2 Å². The lowest BCUT2D eigenvalue weighted by Crippen LogP contribution is -2.44. The van der Waals surface area contributed by atoms with Crippen molar-refractivity contribution >= 4 is 16.7 Å². The van der Waals surface area contributed by atoms with E-state index < -0.39 is 0 Å². The first-order chi connectivity index (χ1) is 8.76. The number of H-pyrrole nitrogens is 1. The van der Waals surface area contributed by atoms with E-state index in [9.17, 15) is 0 Å². The van der Waals surface area contributed by atoms with Crippen LogP contribution >= 0.6 is 0 Å². The molecular weight excluding hydrogens is 228 g/mol. The number of nitrogens with zero attached hydrogens (tertiary/aromatic N) is 3. The van der Waals surface area contributed by atoms with E-state index in [2.05, 4.69) is 38.9 Å². The van der Waals surface area contributed by atoms with Crippen LogP contribution in [0.1, 0.15) is 0 Å². The lowest BCUT2D eigenvalue weighted by atomic mass is 10.2. The van der Waals surface area contributed by atoms with Crippen molar-refractivity contribution in [3.8, 4) is 6.01 Å². The standard InChI is InChI=1S/C13H18N4O/c1-16-5-7-17(8-6-16)10-3-4-11-12(9-10)15-13(14-11)18-2/h3-4,9H,5-8H2,1-2H3,(H,14,15). The van der Waals surface area contributed by atoms with Crippen molar-refractivity contribution in [2.75, 3.05) is 45.2 Å². The molecule has 0 atom stereocenters. The van der Waals surface area contributed by atoms with Crippen LogP contribution in [-0.4, -0.2) is 55.2 Å². The molecule has 2 aromatic rings. The molecule has 0 bridgehead atoms. The summed E-state index contributed by atoms with van der Waals surface area (Å²) in [4.78, 5) is 12.3. The number of methoxy groups -OCH3 is 1. The highest BCUT2D eigenvalue weighted by molar-refractivity contribution is 5.80. The molecule has 1 N–H and O–H groups in total. The first-order valence-corrected chi connectivity index (χ1v) is 6.23. The first-order valence-electron chi connectivity index (χ1n) is 6.23. The number of rotatable bonds is 2. The topological polar surface area (TPSA) is 44.4 Å². The minimum atomic E-state index is 0.570. The van der Waals surface area contributed by atoms with Gasteiger partial charge in [0.1, 0.15) is 0 Å². The van der Waals surface area contributed by atoms with Crippen LogP contribution in [-0.2, 0) is 0 Å². The molecule has 96 valence electrons. The molecule has 5 heteroatoms. The third-order valence-electron chi connectivity index (χ3n) is 3.51. The van der Waals surface area contributed by atoms with Crippen LogP contribution in [0.3, 0.4) is 0 Å². The molecule has 1 aromatic carbocycles. The largest absolute Gasteiger partial charge is 0.468 e. The van der Waals surface area contributed by atoms with E-state index in [-0.39, 0.29) is 0 Å². The van der Waals surface area contributed by atoms with Gasteiger partial charge in [0, 0.05) is 31.9 Å². The number of aromatic amines is 1. The van der Waals surface area contributed by atoms with Gasteiger partial charge in [-0.15, -0.1) is 0 Å². The highest BCUT2D eigenvalue weighted by Gasteiger charge is 2.15. The van der Waals surface area contributed by atoms with E-state index in [0.717, 1.165) is 37.2 Å². The number of ether oxygens (including phenoxy) is 1. The third-order valence-corrected chi connectivity index (χ3v) is 3.51. The molecule has 0 aliphatic carbocycles. The molecule has 1 fully saturated rings. The van der Waals surface area contributed by atoms with E-state index in [1.54, 1.807) is 7.11 Å².